The van der Waals surface area contributed by atoms with Crippen molar-refractivity contribution in [2.24, 2.45) is 0 Å². The zero-order valence-electron chi connectivity index (χ0n) is 17.0. The van der Waals surface area contributed by atoms with Crippen molar-refractivity contribution in [3.63, 3.8) is 0 Å². The van der Waals surface area contributed by atoms with Crippen molar-refractivity contribution in [1.29, 1.82) is 0 Å². The normalized spacial score (nSPS) is 12.2. The Morgan fingerprint density at radius 2 is 1.69 bits per heavy atom. The number of carbonyl (C=O) groups is 1. The molecular weight excluding hydrogens is 410 g/mol. The molecule has 32 heavy (non-hydrogen) atoms. The van der Waals surface area contributed by atoms with Crippen molar-refractivity contribution < 1.29 is 23.5 Å². The average molecular weight is 429 g/mol. The molecule has 1 aliphatic heterocycles. The van der Waals surface area contributed by atoms with E-state index in [1.807, 2.05) is 30.3 Å². The number of anilines is 1. The lowest BCUT2D eigenvalue weighted by Gasteiger charge is -2.19. The Morgan fingerprint density at radius 3 is 2.50 bits per heavy atom. The molecule has 1 amide bonds. The van der Waals surface area contributed by atoms with Gasteiger partial charge in [0.2, 0.25) is 5.82 Å². The van der Waals surface area contributed by atoms with Crippen molar-refractivity contribution in [3.05, 3.63) is 72.8 Å². The summed E-state index contributed by atoms with van der Waals surface area (Å²) in [5, 5.41) is 6.81. The molecule has 0 saturated heterocycles. The van der Waals surface area contributed by atoms with Gasteiger partial charge in [-0.25, -0.2) is 0 Å². The highest BCUT2D eigenvalue weighted by Crippen LogP contribution is 2.32. The molecule has 0 spiro atoms. The molecule has 1 aromatic heterocycles. The second kappa shape index (κ2) is 8.81. The van der Waals surface area contributed by atoms with Crippen LogP contribution in [0.25, 0.3) is 22.8 Å². The summed E-state index contributed by atoms with van der Waals surface area (Å²) in [5.41, 5.74) is 2.25. The number of carbonyl (C=O) groups excluding carboxylic acids is 1. The summed E-state index contributed by atoms with van der Waals surface area (Å²) in [6.07, 6.45) is 0. The largest absolute Gasteiger partial charge is 0.486 e. The second-order valence-corrected chi connectivity index (χ2v) is 7.01. The standard InChI is InChI=1S/C24H19N3O5/c28-22(25-18-8-11-20-21(14-18)30-13-12-29-20)15-31-19-9-6-17(7-10-19)24-26-23(27-32-24)16-4-2-1-3-5-16/h1-11,14H,12-13,15H2,(H,25,28). The molecule has 1 aliphatic rings. The molecule has 4 aromatic rings. The maximum absolute atomic E-state index is 12.2. The average Bonchev–Trinajstić information content (AvgIpc) is 3.34. The van der Waals surface area contributed by atoms with Crippen LogP contribution in [0.1, 0.15) is 0 Å². The molecule has 0 aliphatic carbocycles. The van der Waals surface area contributed by atoms with E-state index in [9.17, 15) is 4.79 Å². The van der Waals surface area contributed by atoms with Gasteiger partial charge in [0, 0.05) is 22.9 Å². The fourth-order valence-electron chi connectivity index (χ4n) is 3.21. The Kier molecular flexibility index (Phi) is 5.40. The number of ether oxygens (including phenoxy) is 3. The van der Waals surface area contributed by atoms with E-state index < -0.39 is 0 Å². The first-order valence-corrected chi connectivity index (χ1v) is 10.1. The van der Waals surface area contributed by atoms with Gasteiger partial charge in [-0.05, 0) is 36.4 Å². The van der Waals surface area contributed by atoms with Crippen LogP contribution >= 0.6 is 0 Å². The molecule has 0 radical (unpaired) electrons. The second-order valence-electron chi connectivity index (χ2n) is 7.01. The quantitative estimate of drug-likeness (QED) is 0.491. The van der Waals surface area contributed by atoms with Crippen molar-refractivity contribution in [2.45, 2.75) is 0 Å². The first kappa shape index (κ1) is 19.6. The topological polar surface area (TPSA) is 95.7 Å². The number of nitrogens with one attached hydrogen (secondary N) is 1. The van der Waals surface area contributed by atoms with Crippen molar-refractivity contribution in [3.8, 4) is 40.1 Å². The summed E-state index contributed by atoms with van der Waals surface area (Å²) in [4.78, 5) is 16.7. The number of hydrogen-bond acceptors (Lipinski definition) is 7. The number of hydrogen-bond donors (Lipinski definition) is 1. The van der Waals surface area contributed by atoms with Crippen LogP contribution in [0.15, 0.2) is 77.3 Å². The molecule has 0 atom stereocenters. The van der Waals surface area contributed by atoms with E-state index in [1.54, 1.807) is 42.5 Å². The van der Waals surface area contributed by atoms with Gasteiger partial charge in [-0.3, -0.25) is 4.79 Å². The molecule has 0 saturated carbocycles. The van der Waals surface area contributed by atoms with Gasteiger partial charge >= 0.3 is 0 Å². The highest BCUT2D eigenvalue weighted by molar-refractivity contribution is 5.92. The summed E-state index contributed by atoms with van der Waals surface area (Å²) in [7, 11) is 0. The lowest BCUT2D eigenvalue weighted by Crippen LogP contribution is -2.20. The van der Waals surface area contributed by atoms with E-state index in [2.05, 4.69) is 15.5 Å². The van der Waals surface area contributed by atoms with Gasteiger partial charge in [0.1, 0.15) is 19.0 Å². The monoisotopic (exact) mass is 429 g/mol. The Hall–Kier alpha value is -4.33. The SMILES string of the molecule is O=C(COc1ccc(-c2nc(-c3ccccc3)no2)cc1)Nc1ccc2c(c1)OCCO2. The van der Waals surface area contributed by atoms with Crippen LogP contribution in [0, 0.1) is 0 Å². The van der Waals surface area contributed by atoms with Crippen LogP contribution in [0.3, 0.4) is 0 Å². The third-order valence-corrected chi connectivity index (χ3v) is 4.76. The van der Waals surface area contributed by atoms with Crippen LogP contribution in [0.4, 0.5) is 5.69 Å². The van der Waals surface area contributed by atoms with Crippen molar-refractivity contribution in [1.82, 2.24) is 10.1 Å². The van der Waals surface area contributed by atoms with Crippen LogP contribution in [-0.4, -0.2) is 35.9 Å². The fourth-order valence-corrected chi connectivity index (χ4v) is 3.21. The van der Waals surface area contributed by atoms with E-state index >= 15 is 0 Å². The van der Waals surface area contributed by atoms with E-state index in [0.29, 0.717) is 47.9 Å². The maximum atomic E-state index is 12.2. The molecule has 5 rings (SSSR count). The van der Waals surface area contributed by atoms with Crippen LogP contribution in [0.2, 0.25) is 0 Å². The van der Waals surface area contributed by atoms with Gasteiger partial charge in [-0.15, -0.1) is 0 Å². The molecule has 0 unspecified atom stereocenters. The van der Waals surface area contributed by atoms with Crippen molar-refractivity contribution in [2.75, 3.05) is 25.1 Å². The van der Waals surface area contributed by atoms with E-state index in [4.69, 9.17) is 18.7 Å². The number of benzene rings is 3. The lowest BCUT2D eigenvalue weighted by molar-refractivity contribution is -0.118. The summed E-state index contributed by atoms with van der Waals surface area (Å²) in [6.45, 7) is 0.874. The van der Waals surface area contributed by atoms with Gasteiger partial charge in [0.15, 0.2) is 18.1 Å². The van der Waals surface area contributed by atoms with Gasteiger partial charge in [0.25, 0.3) is 11.8 Å². The van der Waals surface area contributed by atoms with Crippen LogP contribution < -0.4 is 19.5 Å². The first-order valence-electron chi connectivity index (χ1n) is 10.1. The molecule has 0 fully saturated rings. The lowest BCUT2D eigenvalue weighted by atomic mass is 10.2. The molecular formula is C24H19N3O5. The fraction of sp³-hybridized carbons (Fsp3) is 0.125. The molecule has 0 bridgehead atoms. The Labute approximate surface area is 183 Å². The highest BCUT2D eigenvalue weighted by atomic mass is 16.6. The Morgan fingerprint density at radius 1 is 0.906 bits per heavy atom. The molecule has 3 aromatic carbocycles. The molecule has 8 nitrogen and oxygen atoms in total. The summed E-state index contributed by atoms with van der Waals surface area (Å²) in [5.74, 6) is 2.48. The zero-order valence-corrected chi connectivity index (χ0v) is 17.0. The van der Waals surface area contributed by atoms with Crippen LogP contribution in [-0.2, 0) is 4.79 Å². The Balaban J connectivity index is 1.17. The predicted octanol–water partition coefficient (Wildman–Crippen LogP) is 4.19. The van der Waals surface area contributed by atoms with Gasteiger partial charge < -0.3 is 24.1 Å². The van der Waals surface area contributed by atoms with Crippen LogP contribution in [0.5, 0.6) is 17.2 Å². The third-order valence-electron chi connectivity index (χ3n) is 4.76. The van der Waals surface area contributed by atoms with E-state index in [-0.39, 0.29) is 12.5 Å². The maximum Gasteiger partial charge on any atom is 0.262 e. The Bertz CT molecular complexity index is 1220. The molecule has 160 valence electrons. The number of aromatic nitrogens is 2. The highest BCUT2D eigenvalue weighted by Gasteiger charge is 2.14. The summed E-state index contributed by atoms with van der Waals surface area (Å²) < 4.78 is 21.9. The first-order chi connectivity index (χ1) is 15.7. The van der Waals surface area contributed by atoms with E-state index in [1.165, 1.54) is 0 Å². The van der Waals surface area contributed by atoms with Crippen molar-refractivity contribution >= 4 is 11.6 Å². The summed E-state index contributed by atoms with van der Waals surface area (Å²) >= 11 is 0. The van der Waals surface area contributed by atoms with E-state index in [0.717, 1.165) is 11.1 Å². The minimum absolute atomic E-state index is 0.132. The zero-order chi connectivity index (χ0) is 21.8. The summed E-state index contributed by atoms with van der Waals surface area (Å²) in [6, 6.07) is 22.0. The molecule has 1 N–H and O–H groups in total. The van der Waals surface area contributed by atoms with Gasteiger partial charge in [-0.2, -0.15) is 4.98 Å². The number of rotatable bonds is 6. The van der Waals surface area contributed by atoms with Gasteiger partial charge in [0.05, 0.1) is 0 Å². The number of nitrogens with zero attached hydrogens (tertiary/aromatic N) is 2. The van der Waals surface area contributed by atoms with Gasteiger partial charge in [-0.1, -0.05) is 35.5 Å². The minimum Gasteiger partial charge on any atom is -0.486 e. The predicted molar refractivity (Wildman–Crippen MR) is 117 cm³/mol. The molecule has 2 heterocycles. The number of amides is 1. The molecule has 8 heteroatoms. The number of fused-ring (bicyclic) bond motifs is 1. The minimum atomic E-state index is -0.282. The smallest absolute Gasteiger partial charge is 0.262 e. The third kappa shape index (κ3) is 4.39.